The summed E-state index contributed by atoms with van der Waals surface area (Å²) < 4.78 is 27.1. The molecular weight excluding hydrogens is 274 g/mol. The number of hydrogen-bond acceptors (Lipinski definition) is 3. The largest absolute Gasteiger partial charge is 0.392 e. The Morgan fingerprint density at radius 1 is 1.35 bits per heavy atom. The lowest BCUT2D eigenvalue weighted by molar-refractivity contribution is 0.281. The maximum atomic E-state index is 12.8. The van der Waals surface area contributed by atoms with Gasteiger partial charge >= 0.3 is 0 Å². The molecule has 0 spiro atoms. The van der Waals surface area contributed by atoms with Gasteiger partial charge in [-0.15, -0.1) is 0 Å². The summed E-state index contributed by atoms with van der Waals surface area (Å²) in [5, 5.41) is 9.23. The number of sulfonamides is 1. The summed E-state index contributed by atoms with van der Waals surface area (Å²) in [4.78, 5) is 0.334. The highest BCUT2D eigenvalue weighted by Crippen LogP contribution is 2.25. The third kappa shape index (κ3) is 2.95. The third-order valence-corrected chi connectivity index (χ3v) is 5.54. The van der Waals surface area contributed by atoms with E-state index in [0.29, 0.717) is 30.0 Å². The van der Waals surface area contributed by atoms with Crippen molar-refractivity contribution in [2.24, 2.45) is 0 Å². The molecule has 0 aromatic heterocycles. The van der Waals surface area contributed by atoms with Gasteiger partial charge in [0.05, 0.1) is 11.5 Å². The Labute approximate surface area is 120 Å². The average molecular weight is 295 g/mol. The van der Waals surface area contributed by atoms with Crippen LogP contribution < -0.4 is 0 Å². The Hall–Kier alpha value is -1.17. The summed E-state index contributed by atoms with van der Waals surface area (Å²) in [5.41, 5.74) is 2.51. The monoisotopic (exact) mass is 295 g/mol. The van der Waals surface area contributed by atoms with Gasteiger partial charge in [0, 0.05) is 13.1 Å². The SMILES string of the molecule is CCc1ccc(CO)cc1S(=O)(=O)N1CCC=C(C)C1. The molecule has 0 fully saturated rings. The van der Waals surface area contributed by atoms with Crippen LogP contribution in [0, 0.1) is 0 Å². The molecule has 1 aliphatic rings. The Kier molecular flexibility index (Phi) is 4.62. The molecule has 20 heavy (non-hydrogen) atoms. The molecule has 1 N–H and O–H groups in total. The molecule has 0 aliphatic carbocycles. The lowest BCUT2D eigenvalue weighted by Gasteiger charge is -2.26. The molecular formula is C15H21NO3S. The number of benzene rings is 1. The van der Waals surface area contributed by atoms with Crippen molar-refractivity contribution < 1.29 is 13.5 Å². The lowest BCUT2D eigenvalue weighted by Crippen LogP contribution is -2.35. The second-order valence-corrected chi connectivity index (χ2v) is 7.04. The fourth-order valence-corrected chi connectivity index (χ4v) is 4.29. The van der Waals surface area contributed by atoms with Crippen molar-refractivity contribution in [2.75, 3.05) is 13.1 Å². The molecule has 1 aliphatic heterocycles. The van der Waals surface area contributed by atoms with Crippen LogP contribution in [0.5, 0.6) is 0 Å². The highest BCUT2D eigenvalue weighted by molar-refractivity contribution is 7.89. The molecule has 4 nitrogen and oxygen atoms in total. The zero-order valence-electron chi connectivity index (χ0n) is 12.0. The normalized spacial score (nSPS) is 17.1. The number of aryl methyl sites for hydroxylation is 1. The zero-order chi connectivity index (χ0) is 14.8. The molecule has 0 unspecified atom stereocenters. The van der Waals surface area contributed by atoms with Crippen molar-refractivity contribution in [1.29, 1.82) is 0 Å². The van der Waals surface area contributed by atoms with E-state index >= 15 is 0 Å². The fourth-order valence-electron chi connectivity index (χ4n) is 2.45. The lowest BCUT2D eigenvalue weighted by atomic mass is 10.1. The summed E-state index contributed by atoms with van der Waals surface area (Å²) in [6.07, 6.45) is 3.49. The van der Waals surface area contributed by atoms with Crippen LogP contribution in [0.2, 0.25) is 0 Å². The highest BCUT2D eigenvalue weighted by Gasteiger charge is 2.28. The quantitative estimate of drug-likeness (QED) is 0.865. The molecule has 110 valence electrons. The summed E-state index contributed by atoms with van der Waals surface area (Å²) >= 11 is 0. The van der Waals surface area contributed by atoms with Crippen LogP contribution in [-0.2, 0) is 23.1 Å². The Morgan fingerprint density at radius 3 is 2.70 bits per heavy atom. The van der Waals surface area contributed by atoms with E-state index in [0.717, 1.165) is 17.6 Å². The first-order valence-corrected chi connectivity index (χ1v) is 8.31. The molecule has 0 saturated heterocycles. The molecule has 1 aromatic rings. The topological polar surface area (TPSA) is 57.6 Å². The van der Waals surface area contributed by atoms with E-state index < -0.39 is 10.0 Å². The summed E-state index contributed by atoms with van der Waals surface area (Å²) in [5.74, 6) is 0. The van der Waals surface area contributed by atoms with E-state index in [1.807, 2.05) is 13.8 Å². The number of aliphatic hydroxyl groups is 1. The number of nitrogens with zero attached hydrogens (tertiary/aromatic N) is 1. The standard InChI is InChI=1S/C15H21NO3S/c1-3-14-7-6-13(11-17)9-15(14)20(18,19)16-8-4-5-12(2)10-16/h5-7,9,17H,3-4,8,10-11H2,1-2H3. The summed E-state index contributed by atoms with van der Waals surface area (Å²) in [7, 11) is -3.49. The van der Waals surface area contributed by atoms with Crippen LogP contribution in [-0.4, -0.2) is 30.9 Å². The maximum Gasteiger partial charge on any atom is 0.243 e. The Bertz CT molecular complexity index is 620. The first-order valence-electron chi connectivity index (χ1n) is 6.87. The predicted molar refractivity (Wildman–Crippen MR) is 78.9 cm³/mol. The number of hydrogen-bond donors (Lipinski definition) is 1. The van der Waals surface area contributed by atoms with E-state index in [1.54, 1.807) is 18.2 Å². The molecule has 0 atom stereocenters. The van der Waals surface area contributed by atoms with E-state index in [-0.39, 0.29) is 6.61 Å². The third-order valence-electron chi connectivity index (χ3n) is 3.61. The predicted octanol–water partition coefficient (Wildman–Crippen LogP) is 2.08. The van der Waals surface area contributed by atoms with E-state index in [9.17, 15) is 13.5 Å². The Morgan fingerprint density at radius 2 is 2.10 bits per heavy atom. The smallest absolute Gasteiger partial charge is 0.243 e. The van der Waals surface area contributed by atoms with Crippen LogP contribution in [0.25, 0.3) is 0 Å². The van der Waals surface area contributed by atoms with Crippen molar-refractivity contribution in [3.63, 3.8) is 0 Å². The molecule has 0 radical (unpaired) electrons. The van der Waals surface area contributed by atoms with Gasteiger partial charge in [0.15, 0.2) is 0 Å². The van der Waals surface area contributed by atoms with Gasteiger partial charge in [-0.2, -0.15) is 4.31 Å². The molecule has 0 bridgehead atoms. The molecule has 1 heterocycles. The minimum atomic E-state index is -3.49. The van der Waals surface area contributed by atoms with Crippen molar-refractivity contribution >= 4 is 10.0 Å². The van der Waals surface area contributed by atoms with Gasteiger partial charge in [0.25, 0.3) is 0 Å². The van der Waals surface area contributed by atoms with E-state index in [1.165, 1.54) is 4.31 Å². The molecule has 1 aromatic carbocycles. The van der Waals surface area contributed by atoms with E-state index in [4.69, 9.17) is 0 Å². The summed E-state index contributed by atoms with van der Waals surface area (Å²) in [6.45, 7) is 4.72. The molecule has 5 heteroatoms. The van der Waals surface area contributed by atoms with Crippen LogP contribution in [0.1, 0.15) is 31.4 Å². The molecule has 0 amide bonds. The highest BCUT2D eigenvalue weighted by atomic mass is 32.2. The van der Waals surface area contributed by atoms with Gasteiger partial charge in [0.2, 0.25) is 10.0 Å². The van der Waals surface area contributed by atoms with Gasteiger partial charge in [-0.05, 0) is 37.0 Å². The maximum absolute atomic E-state index is 12.8. The Balaban J connectivity index is 2.45. The first-order chi connectivity index (χ1) is 9.48. The zero-order valence-corrected chi connectivity index (χ0v) is 12.8. The van der Waals surface area contributed by atoms with Crippen molar-refractivity contribution in [3.8, 4) is 0 Å². The van der Waals surface area contributed by atoms with Crippen molar-refractivity contribution in [3.05, 3.63) is 41.0 Å². The fraction of sp³-hybridized carbons (Fsp3) is 0.467. The van der Waals surface area contributed by atoms with Gasteiger partial charge in [-0.25, -0.2) is 8.42 Å². The minimum Gasteiger partial charge on any atom is -0.392 e. The first kappa shape index (κ1) is 15.2. The molecule has 2 rings (SSSR count). The van der Waals surface area contributed by atoms with Gasteiger partial charge < -0.3 is 5.11 Å². The van der Waals surface area contributed by atoms with Gasteiger partial charge in [-0.1, -0.05) is 30.7 Å². The average Bonchev–Trinajstić information content (AvgIpc) is 2.46. The second kappa shape index (κ2) is 6.08. The number of rotatable bonds is 4. The van der Waals surface area contributed by atoms with Crippen LogP contribution in [0.15, 0.2) is 34.7 Å². The second-order valence-electron chi connectivity index (χ2n) is 5.13. The molecule has 0 saturated carbocycles. The van der Waals surface area contributed by atoms with Crippen LogP contribution in [0.4, 0.5) is 0 Å². The minimum absolute atomic E-state index is 0.147. The van der Waals surface area contributed by atoms with E-state index in [2.05, 4.69) is 6.08 Å². The van der Waals surface area contributed by atoms with Crippen molar-refractivity contribution in [1.82, 2.24) is 4.31 Å². The van der Waals surface area contributed by atoms with Gasteiger partial charge in [-0.3, -0.25) is 0 Å². The van der Waals surface area contributed by atoms with Crippen molar-refractivity contribution in [2.45, 2.75) is 38.2 Å². The van der Waals surface area contributed by atoms with Gasteiger partial charge in [0.1, 0.15) is 0 Å². The number of aliphatic hydroxyl groups excluding tert-OH is 1. The summed E-state index contributed by atoms with van der Waals surface area (Å²) in [6, 6.07) is 5.17. The van der Waals surface area contributed by atoms with Crippen LogP contribution >= 0.6 is 0 Å². The van der Waals surface area contributed by atoms with Crippen LogP contribution in [0.3, 0.4) is 0 Å².